The van der Waals surface area contributed by atoms with E-state index in [0.29, 0.717) is 11.9 Å². The molecule has 4 nitrogen and oxygen atoms in total. The third-order valence-electron chi connectivity index (χ3n) is 2.38. The van der Waals surface area contributed by atoms with E-state index < -0.39 is 6.10 Å². The molecule has 0 unspecified atom stereocenters. The summed E-state index contributed by atoms with van der Waals surface area (Å²) in [5.41, 5.74) is 2.00. The molecule has 0 aliphatic rings. The van der Waals surface area contributed by atoms with Crippen LogP contribution in [0, 0.1) is 0 Å². The lowest BCUT2D eigenvalue weighted by Gasteiger charge is -2.10. The van der Waals surface area contributed by atoms with Gasteiger partial charge >= 0.3 is 5.69 Å². The molecule has 0 spiro atoms. The maximum atomic E-state index is 11.1. The van der Waals surface area contributed by atoms with E-state index in [1.807, 2.05) is 6.92 Å². The molecule has 5 heteroatoms. The van der Waals surface area contributed by atoms with Crippen LogP contribution in [0.2, 0.25) is 0 Å². The quantitative estimate of drug-likeness (QED) is 0.782. The molecule has 15 heavy (non-hydrogen) atoms. The Hall–Kier alpha value is -1.07. The summed E-state index contributed by atoms with van der Waals surface area (Å²) in [6.45, 7) is 1.90. The van der Waals surface area contributed by atoms with Gasteiger partial charge in [0.15, 0.2) is 0 Å². The Kier molecular flexibility index (Phi) is 2.67. The Morgan fingerprint density at radius 2 is 2.00 bits per heavy atom. The second kappa shape index (κ2) is 3.83. The number of fused-ring (bicyclic) bond motifs is 1. The molecule has 2 aromatic rings. The second-order valence-electron chi connectivity index (χ2n) is 3.42. The number of aromatic nitrogens is 2. The SMILES string of the molecule is CC[C@H](O)c1cc2[nH]c(=O)[nH]c2cc1Br. The summed E-state index contributed by atoms with van der Waals surface area (Å²) in [4.78, 5) is 16.4. The first-order valence-electron chi connectivity index (χ1n) is 4.71. The molecule has 0 bridgehead atoms. The predicted molar refractivity (Wildman–Crippen MR) is 61.9 cm³/mol. The van der Waals surface area contributed by atoms with Crippen molar-refractivity contribution in [3.8, 4) is 0 Å². The van der Waals surface area contributed by atoms with Gasteiger partial charge < -0.3 is 15.1 Å². The van der Waals surface area contributed by atoms with Gasteiger partial charge in [-0.2, -0.15) is 0 Å². The Bertz CT molecular complexity index is 544. The van der Waals surface area contributed by atoms with E-state index in [2.05, 4.69) is 25.9 Å². The zero-order chi connectivity index (χ0) is 11.0. The van der Waals surface area contributed by atoms with Gasteiger partial charge in [-0.25, -0.2) is 4.79 Å². The largest absolute Gasteiger partial charge is 0.388 e. The summed E-state index contributed by atoms with van der Waals surface area (Å²) in [7, 11) is 0. The highest BCUT2D eigenvalue weighted by atomic mass is 79.9. The number of rotatable bonds is 2. The molecule has 0 fully saturated rings. The summed E-state index contributed by atoms with van der Waals surface area (Å²) in [6, 6.07) is 3.58. The fraction of sp³-hybridized carbons (Fsp3) is 0.300. The molecule has 0 saturated carbocycles. The number of aromatic amines is 2. The molecule has 0 saturated heterocycles. The molecule has 1 aromatic carbocycles. The predicted octanol–water partition coefficient (Wildman–Crippen LogP) is 2.06. The van der Waals surface area contributed by atoms with Crippen molar-refractivity contribution in [2.24, 2.45) is 0 Å². The van der Waals surface area contributed by atoms with Gasteiger partial charge in [0.25, 0.3) is 0 Å². The number of H-pyrrole nitrogens is 2. The molecule has 1 atom stereocenters. The monoisotopic (exact) mass is 270 g/mol. The zero-order valence-electron chi connectivity index (χ0n) is 8.17. The van der Waals surface area contributed by atoms with Crippen molar-refractivity contribution in [3.63, 3.8) is 0 Å². The van der Waals surface area contributed by atoms with Gasteiger partial charge in [0, 0.05) is 4.47 Å². The number of aliphatic hydroxyl groups is 1. The van der Waals surface area contributed by atoms with Gasteiger partial charge in [-0.3, -0.25) is 0 Å². The van der Waals surface area contributed by atoms with E-state index >= 15 is 0 Å². The van der Waals surface area contributed by atoms with E-state index in [1.165, 1.54) is 0 Å². The molecule has 3 N–H and O–H groups in total. The highest BCUT2D eigenvalue weighted by Crippen LogP contribution is 2.28. The molecular formula is C10H11BrN2O2. The van der Waals surface area contributed by atoms with Gasteiger partial charge in [0.2, 0.25) is 0 Å². The normalized spacial score (nSPS) is 13.3. The molecule has 1 aromatic heterocycles. The van der Waals surface area contributed by atoms with Crippen LogP contribution >= 0.6 is 15.9 Å². The Balaban J connectivity index is 2.66. The van der Waals surface area contributed by atoms with Crippen LogP contribution in [0.4, 0.5) is 0 Å². The van der Waals surface area contributed by atoms with Crippen molar-refractivity contribution >= 4 is 27.0 Å². The van der Waals surface area contributed by atoms with Crippen molar-refractivity contribution in [1.82, 2.24) is 9.97 Å². The van der Waals surface area contributed by atoms with Crippen LogP contribution in [0.5, 0.6) is 0 Å². The van der Waals surface area contributed by atoms with Gasteiger partial charge in [0.05, 0.1) is 17.1 Å². The molecule has 80 valence electrons. The van der Waals surface area contributed by atoms with E-state index in [-0.39, 0.29) is 5.69 Å². The van der Waals surface area contributed by atoms with E-state index in [9.17, 15) is 9.90 Å². The fourth-order valence-corrected chi connectivity index (χ4v) is 2.16. The smallest absolute Gasteiger partial charge is 0.323 e. The van der Waals surface area contributed by atoms with Crippen molar-refractivity contribution < 1.29 is 5.11 Å². The number of halogens is 1. The summed E-state index contributed by atoms with van der Waals surface area (Å²) < 4.78 is 0.805. The summed E-state index contributed by atoms with van der Waals surface area (Å²) in [5.74, 6) is 0. The van der Waals surface area contributed by atoms with Crippen LogP contribution in [0.15, 0.2) is 21.4 Å². The molecular weight excluding hydrogens is 260 g/mol. The number of nitrogens with one attached hydrogen (secondary N) is 2. The number of benzene rings is 1. The average Bonchev–Trinajstić information content (AvgIpc) is 2.55. The van der Waals surface area contributed by atoms with E-state index in [1.54, 1.807) is 12.1 Å². The van der Waals surface area contributed by atoms with Gasteiger partial charge in [-0.05, 0) is 24.1 Å². The lowest BCUT2D eigenvalue weighted by atomic mass is 10.1. The van der Waals surface area contributed by atoms with Crippen LogP contribution in [0.3, 0.4) is 0 Å². The topological polar surface area (TPSA) is 68.9 Å². The number of hydrogen-bond acceptors (Lipinski definition) is 2. The maximum Gasteiger partial charge on any atom is 0.323 e. The first-order chi connectivity index (χ1) is 7.11. The maximum absolute atomic E-state index is 11.1. The molecule has 0 radical (unpaired) electrons. The Labute approximate surface area is 94.5 Å². The van der Waals surface area contributed by atoms with Crippen LogP contribution in [0.25, 0.3) is 11.0 Å². The Morgan fingerprint density at radius 1 is 1.40 bits per heavy atom. The lowest BCUT2D eigenvalue weighted by molar-refractivity contribution is 0.173. The summed E-state index contributed by atoms with van der Waals surface area (Å²) in [5, 5.41) is 9.74. The van der Waals surface area contributed by atoms with Crippen molar-refractivity contribution in [2.75, 3.05) is 0 Å². The highest BCUT2D eigenvalue weighted by Gasteiger charge is 2.11. The number of imidazole rings is 1. The van der Waals surface area contributed by atoms with Crippen molar-refractivity contribution in [2.45, 2.75) is 19.4 Å². The minimum atomic E-state index is -0.512. The van der Waals surface area contributed by atoms with Crippen LogP contribution in [-0.4, -0.2) is 15.1 Å². The average molecular weight is 271 g/mol. The summed E-state index contributed by atoms with van der Waals surface area (Å²) >= 11 is 3.37. The van der Waals surface area contributed by atoms with Gasteiger partial charge in [-0.15, -0.1) is 0 Å². The minimum absolute atomic E-state index is 0.236. The van der Waals surface area contributed by atoms with Crippen molar-refractivity contribution in [1.29, 1.82) is 0 Å². The first kappa shape index (κ1) is 10.4. The van der Waals surface area contributed by atoms with Crippen molar-refractivity contribution in [3.05, 3.63) is 32.7 Å². The molecule has 2 rings (SSSR count). The third-order valence-corrected chi connectivity index (χ3v) is 3.07. The number of aliphatic hydroxyl groups excluding tert-OH is 1. The second-order valence-corrected chi connectivity index (χ2v) is 4.28. The standard InChI is InChI=1S/C10H11BrN2O2/c1-2-9(14)5-3-7-8(4-6(5)11)13-10(15)12-7/h3-4,9,14H,2H2,1H3,(H2,12,13,15)/t9-/m0/s1. The molecule has 1 heterocycles. The third kappa shape index (κ3) is 1.85. The number of hydrogen-bond donors (Lipinski definition) is 3. The molecule has 0 aliphatic heterocycles. The van der Waals surface area contributed by atoms with Crippen LogP contribution in [0.1, 0.15) is 25.0 Å². The molecule has 0 amide bonds. The lowest BCUT2D eigenvalue weighted by Crippen LogP contribution is -1.99. The van der Waals surface area contributed by atoms with E-state index in [0.717, 1.165) is 15.6 Å². The van der Waals surface area contributed by atoms with Gasteiger partial charge in [-0.1, -0.05) is 22.9 Å². The summed E-state index contributed by atoms with van der Waals surface area (Å²) in [6.07, 6.45) is 0.126. The first-order valence-corrected chi connectivity index (χ1v) is 5.50. The van der Waals surface area contributed by atoms with E-state index in [4.69, 9.17) is 0 Å². The Morgan fingerprint density at radius 3 is 2.60 bits per heavy atom. The zero-order valence-corrected chi connectivity index (χ0v) is 9.76. The minimum Gasteiger partial charge on any atom is -0.388 e. The van der Waals surface area contributed by atoms with Crippen LogP contribution in [-0.2, 0) is 0 Å². The van der Waals surface area contributed by atoms with Crippen LogP contribution < -0.4 is 5.69 Å². The fourth-order valence-electron chi connectivity index (χ4n) is 1.55. The van der Waals surface area contributed by atoms with Gasteiger partial charge in [0.1, 0.15) is 0 Å². The highest BCUT2D eigenvalue weighted by molar-refractivity contribution is 9.10. The molecule has 0 aliphatic carbocycles.